The van der Waals surface area contributed by atoms with Crippen molar-refractivity contribution in [3.8, 4) is 11.3 Å². The third kappa shape index (κ3) is 2.53. The van der Waals surface area contributed by atoms with Gasteiger partial charge in [0, 0.05) is 17.0 Å². The lowest BCUT2D eigenvalue weighted by Gasteiger charge is -2.03. The second-order valence-corrected chi connectivity index (χ2v) is 5.24. The number of fused-ring (bicyclic) bond motifs is 1. The van der Waals surface area contributed by atoms with Crippen molar-refractivity contribution >= 4 is 10.8 Å². The average Bonchev–Trinajstić information content (AvgIpc) is 3.07. The lowest BCUT2D eigenvalue weighted by Crippen LogP contribution is -2.23. The second-order valence-electron chi connectivity index (χ2n) is 5.24. The average molecular weight is 303 g/mol. The van der Waals surface area contributed by atoms with Crippen LogP contribution in [0.2, 0.25) is 0 Å². The number of hydrogen-bond acceptors (Lipinski definition) is 4. The Morgan fingerprint density at radius 3 is 2.65 bits per heavy atom. The monoisotopic (exact) mass is 303 g/mol. The molecule has 2 aromatic carbocycles. The second kappa shape index (κ2) is 5.53. The van der Waals surface area contributed by atoms with Crippen molar-refractivity contribution in [1.82, 2.24) is 14.9 Å². The van der Waals surface area contributed by atoms with E-state index in [1.807, 2.05) is 54.6 Å². The topological polar surface area (TPSA) is 60.9 Å². The molecule has 0 bridgehead atoms. The van der Waals surface area contributed by atoms with Crippen LogP contribution in [0, 0.1) is 0 Å². The maximum atomic E-state index is 12.5. The predicted molar refractivity (Wildman–Crippen MR) is 87.0 cm³/mol. The van der Waals surface area contributed by atoms with Gasteiger partial charge in [0.05, 0.1) is 18.1 Å². The SMILES string of the molecule is O=c1c2ccccc2cnn1Cc1cc(-c2ccccc2)on1. The molecule has 0 amide bonds. The van der Waals surface area contributed by atoms with E-state index < -0.39 is 0 Å². The number of aromatic nitrogens is 3. The molecule has 5 nitrogen and oxygen atoms in total. The van der Waals surface area contributed by atoms with Crippen molar-refractivity contribution in [3.05, 3.63) is 82.9 Å². The molecule has 0 aliphatic rings. The van der Waals surface area contributed by atoms with E-state index in [0.717, 1.165) is 10.9 Å². The Kier molecular flexibility index (Phi) is 3.24. The Bertz CT molecular complexity index is 1020. The zero-order valence-corrected chi connectivity index (χ0v) is 12.2. The van der Waals surface area contributed by atoms with E-state index in [9.17, 15) is 4.79 Å². The number of rotatable bonds is 3. The summed E-state index contributed by atoms with van der Waals surface area (Å²) in [6, 6.07) is 19.0. The summed E-state index contributed by atoms with van der Waals surface area (Å²) < 4.78 is 6.75. The van der Waals surface area contributed by atoms with Crippen LogP contribution in [0.15, 0.2) is 76.2 Å². The van der Waals surface area contributed by atoms with E-state index in [0.29, 0.717) is 16.8 Å². The molecule has 112 valence electrons. The van der Waals surface area contributed by atoms with Gasteiger partial charge in [0.2, 0.25) is 0 Å². The molecule has 4 rings (SSSR count). The summed E-state index contributed by atoms with van der Waals surface area (Å²) in [6.45, 7) is 0.278. The Morgan fingerprint density at radius 2 is 1.78 bits per heavy atom. The fourth-order valence-electron chi connectivity index (χ4n) is 2.52. The summed E-state index contributed by atoms with van der Waals surface area (Å²) in [4.78, 5) is 12.5. The van der Waals surface area contributed by atoms with Crippen LogP contribution in [-0.4, -0.2) is 14.9 Å². The van der Waals surface area contributed by atoms with Gasteiger partial charge in [-0.15, -0.1) is 0 Å². The highest BCUT2D eigenvalue weighted by molar-refractivity contribution is 5.80. The molecule has 0 unspecified atom stereocenters. The van der Waals surface area contributed by atoms with Crippen LogP contribution in [0.3, 0.4) is 0 Å². The molecule has 0 N–H and O–H groups in total. The molecule has 0 spiro atoms. The summed E-state index contributed by atoms with van der Waals surface area (Å²) >= 11 is 0. The zero-order valence-electron chi connectivity index (χ0n) is 12.2. The van der Waals surface area contributed by atoms with Gasteiger partial charge in [0.1, 0.15) is 5.69 Å². The van der Waals surface area contributed by atoms with Crippen LogP contribution >= 0.6 is 0 Å². The highest BCUT2D eigenvalue weighted by atomic mass is 16.5. The summed E-state index contributed by atoms with van der Waals surface area (Å²) in [6.07, 6.45) is 1.69. The van der Waals surface area contributed by atoms with E-state index in [4.69, 9.17) is 4.52 Å². The fourth-order valence-corrected chi connectivity index (χ4v) is 2.52. The normalized spacial score (nSPS) is 11.0. The standard InChI is InChI=1S/C18H13N3O2/c22-18-16-9-5-4-8-14(16)11-19-21(18)12-15-10-17(23-20-15)13-6-2-1-3-7-13/h1-11H,12H2. The van der Waals surface area contributed by atoms with Gasteiger partial charge in [-0.05, 0) is 6.07 Å². The minimum atomic E-state index is -0.132. The van der Waals surface area contributed by atoms with Gasteiger partial charge < -0.3 is 4.52 Å². The highest BCUT2D eigenvalue weighted by Crippen LogP contribution is 2.19. The van der Waals surface area contributed by atoms with Crippen LogP contribution in [-0.2, 0) is 6.54 Å². The van der Waals surface area contributed by atoms with E-state index >= 15 is 0 Å². The zero-order chi connectivity index (χ0) is 15.6. The first-order valence-electron chi connectivity index (χ1n) is 7.27. The van der Waals surface area contributed by atoms with Crippen LogP contribution < -0.4 is 5.56 Å². The molecule has 0 saturated heterocycles. The van der Waals surface area contributed by atoms with Crippen molar-refractivity contribution in [1.29, 1.82) is 0 Å². The van der Waals surface area contributed by atoms with E-state index in [-0.39, 0.29) is 12.1 Å². The first kappa shape index (κ1) is 13.5. The number of hydrogen-bond donors (Lipinski definition) is 0. The molecular formula is C18H13N3O2. The van der Waals surface area contributed by atoms with Gasteiger partial charge in [-0.2, -0.15) is 5.10 Å². The Morgan fingerprint density at radius 1 is 1.00 bits per heavy atom. The highest BCUT2D eigenvalue weighted by Gasteiger charge is 2.09. The molecule has 23 heavy (non-hydrogen) atoms. The summed E-state index contributed by atoms with van der Waals surface area (Å²) in [5.41, 5.74) is 1.48. The largest absolute Gasteiger partial charge is 0.356 e. The van der Waals surface area contributed by atoms with E-state index in [2.05, 4.69) is 10.3 Å². The minimum absolute atomic E-state index is 0.132. The molecule has 2 aromatic heterocycles. The molecule has 2 heterocycles. The van der Waals surface area contributed by atoms with Gasteiger partial charge in [-0.3, -0.25) is 4.79 Å². The maximum Gasteiger partial charge on any atom is 0.274 e. The Balaban J connectivity index is 1.68. The molecule has 0 atom stereocenters. The Hall–Kier alpha value is -3.21. The predicted octanol–water partition coefficient (Wildman–Crippen LogP) is 3.10. The van der Waals surface area contributed by atoms with Crippen LogP contribution in [0.25, 0.3) is 22.1 Å². The molecule has 0 saturated carbocycles. The third-order valence-electron chi connectivity index (χ3n) is 3.69. The molecular weight excluding hydrogens is 290 g/mol. The third-order valence-corrected chi connectivity index (χ3v) is 3.69. The molecule has 0 fully saturated rings. The molecule has 4 aromatic rings. The lowest BCUT2D eigenvalue weighted by atomic mass is 10.1. The number of nitrogens with zero attached hydrogens (tertiary/aromatic N) is 3. The minimum Gasteiger partial charge on any atom is -0.356 e. The van der Waals surface area contributed by atoms with Crippen molar-refractivity contribution in [2.75, 3.05) is 0 Å². The summed E-state index contributed by atoms with van der Waals surface area (Å²) in [5, 5.41) is 9.72. The van der Waals surface area contributed by atoms with Gasteiger partial charge in [-0.1, -0.05) is 53.7 Å². The van der Waals surface area contributed by atoms with Crippen molar-refractivity contribution in [2.24, 2.45) is 0 Å². The summed E-state index contributed by atoms with van der Waals surface area (Å²) in [7, 11) is 0. The van der Waals surface area contributed by atoms with Crippen molar-refractivity contribution < 1.29 is 4.52 Å². The van der Waals surface area contributed by atoms with E-state index in [1.165, 1.54) is 4.68 Å². The van der Waals surface area contributed by atoms with Crippen molar-refractivity contribution in [2.45, 2.75) is 6.54 Å². The molecule has 5 heteroatoms. The first-order chi connectivity index (χ1) is 11.3. The van der Waals surface area contributed by atoms with Gasteiger partial charge in [0.25, 0.3) is 5.56 Å². The fraction of sp³-hybridized carbons (Fsp3) is 0.0556. The van der Waals surface area contributed by atoms with Crippen molar-refractivity contribution in [3.63, 3.8) is 0 Å². The van der Waals surface area contributed by atoms with Crippen LogP contribution in [0.1, 0.15) is 5.69 Å². The van der Waals surface area contributed by atoms with Gasteiger partial charge in [0.15, 0.2) is 5.76 Å². The Labute approximate surface area is 131 Å². The van der Waals surface area contributed by atoms with Crippen LogP contribution in [0.4, 0.5) is 0 Å². The van der Waals surface area contributed by atoms with Gasteiger partial charge in [-0.25, -0.2) is 4.68 Å². The smallest absolute Gasteiger partial charge is 0.274 e. The molecule has 0 radical (unpaired) electrons. The van der Waals surface area contributed by atoms with Crippen LogP contribution in [0.5, 0.6) is 0 Å². The molecule has 0 aliphatic heterocycles. The molecule has 0 aliphatic carbocycles. The first-order valence-corrected chi connectivity index (χ1v) is 7.27. The maximum absolute atomic E-state index is 12.5. The number of benzene rings is 2. The quantitative estimate of drug-likeness (QED) is 0.583. The lowest BCUT2D eigenvalue weighted by molar-refractivity contribution is 0.418. The van der Waals surface area contributed by atoms with E-state index in [1.54, 1.807) is 12.3 Å². The van der Waals surface area contributed by atoms with Gasteiger partial charge >= 0.3 is 0 Å². The summed E-state index contributed by atoms with van der Waals surface area (Å²) in [5.74, 6) is 0.675.